The van der Waals surface area contributed by atoms with E-state index in [4.69, 9.17) is 23.3 Å². The van der Waals surface area contributed by atoms with Crippen LogP contribution in [0.4, 0.5) is 0 Å². The van der Waals surface area contributed by atoms with Gasteiger partial charge in [0.1, 0.15) is 0 Å². The molecule has 0 saturated carbocycles. The molecule has 0 atom stereocenters. The van der Waals surface area contributed by atoms with Gasteiger partial charge in [0.25, 0.3) is 0 Å². The molecular formula is C16H9CoCrO5-. The number of benzene rings is 1. The summed E-state index contributed by atoms with van der Waals surface area (Å²) in [6.07, 6.45) is 0. The molecule has 0 N–H and O–H groups in total. The van der Waals surface area contributed by atoms with Gasteiger partial charge in [-0.1, -0.05) is 30.3 Å². The summed E-state index contributed by atoms with van der Waals surface area (Å²) in [5.74, 6) is 0. The van der Waals surface area contributed by atoms with Crippen LogP contribution in [-0.4, -0.2) is 0 Å². The van der Waals surface area contributed by atoms with Gasteiger partial charge in [0.2, 0.25) is 0 Å². The largest absolute Gasteiger partial charge is 0.176 e. The van der Waals surface area contributed by atoms with Gasteiger partial charge in [0, 0.05) is 34.1 Å². The van der Waals surface area contributed by atoms with E-state index in [-0.39, 0.29) is 34.1 Å². The van der Waals surface area contributed by atoms with Crippen LogP contribution in [-0.2, 0) is 57.4 Å². The van der Waals surface area contributed by atoms with Gasteiger partial charge in [-0.15, -0.1) is 11.6 Å². The molecule has 0 aliphatic rings. The van der Waals surface area contributed by atoms with Gasteiger partial charge in [-0.3, -0.25) is 0 Å². The van der Waals surface area contributed by atoms with E-state index in [1.165, 1.54) is 11.1 Å². The van der Waals surface area contributed by atoms with Crippen LogP contribution in [0.3, 0.4) is 0 Å². The predicted octanol–water partition coefficient (Wildman–Crippen LogP) is 2.88. The molecular weight excluding hydrogens is 383 g/mol. The van der Waals surface area contributed by atoms with Crippen molar-refractivity contribution in [3.63, 3.8) is 0 Å². The average molecular weight is 392 g/mol. The van der Waals surface area contributed by atoms with Crippen molar-refractivity contribution in [3.8, 4) is 11.1 Å². The minimum absolute atomic E-state index is 0. The molecule has 0 heterocycles. The van der Waals surface area contributed by atoms with E-state index in [1.807, 2.05) is 6.07 Å². The summed E-state index contributed by atoms with van der Waals surface area (Å²) in [7, 11) is 0. The van der Waals surface area contributed by atoms with Crippen molar-refractivity contribution in [2.75, 3.05) is 0 Å². The first-order chi connectivity index (χ1) is 10.5. The van der Waals surface area contributed by atoms with Crippen LogP contribution in [0.25, 0.3) is 11.1 Å². The average Bonchev–Trinajstić information content (AvgIpc) is 3.19. The molecule has 0 amide bonds. The molecule has 2 aromatic carbocycles. The van der Waals surface area contributed by atoms with Crippen LogP contribution in [0.1, 0.15) is 0 Å². The van der Waals surface area contributed by atoms with Crippen molar-refractivity contribution < 1.29 is 57.4 Å². The van der Waals surface area contributed by atoms with Crippen LogP contribution in [0.15, 0.2) is 54.6 Å². The first-order valence-electron chi connectivity index (χ1n) is 4.76. The summed E-state index contributed by atoms with van der Waals surface area (Å²) in [4.78, 5) is 0. The summed E-state index contributed by atoms with van der Waals surface area (Å²) in [5.41, 5.74) is 2.59. The minimum atomic E-state index is 0. The van der Waals surface area contributed by atoms with E-state index in [0.717, 1.165) is 0 Å². The second-order valence-electron chi connectivity index (χ2n) is 2.54. The standard InChI is InChI=1S/C11H9.5CO.Co.Cr/c1-2-6-10(7-3-1)11-8-4-5-9-11;5*1-2;;/h1-9H;;;;;;;/q-1;;;;;;;. The molecule has 0 bridgehead atoms. The molecule has 0 spiro atoms. The fourth-order valence-corrected chi connectivity index (χ4v) is 1.20. The summed E-state index contributed by atoms with van der Waals surface area (Å²) in [5, 5.41) is 0. The topological polar surface area (TPSA) is 99.5 Å². The monoisotopic (exact) mass is 392 g/mol. The molecule has 0 aliphatic carbocycles. The number of rotatable bonds is 1. The third-order valence-electron chi connectivity index (χ3n) is 1.77. The Morgan fingerprint density at radius 1 is 0.609 bits per heavy atom. The van der Waals surface area contributed by atoms with E-state index in [2.05, 4.69) is 81.8 Å². The summed E-state index contributed by atoms with van der Waals surface area (Å²) >= 11 is 0. The van der Waals surface area contributed by atoms with E-state index in [9.17, 15) is 0 Å². The Balaban J connectivity index is -0.0000000526. The normalized spacial score (nSPS) is 5.13. The van der Waals surface area contributed by atoms with E-state index in [1.54, 1.807) is 0 Å². The Morgan fingerprint density at radius 3 is 1.30 bits per heavy atom. The Labute approximate surface area is 156 Å². The smallest absolute Gasteiger partial charge is 0 e. The van der Waals surface area contributed by atoms with Crippen LogP contribution in [0.5, 0.6) is 0 Å². The third-order valence-corrected chi connectivity index (χ3v) is 1.77. The Kier molecular flexibility index (Phi) is 69.7. The van der Waals surface area contributed by atoms with Gasteiger partial charge in [0.15, 0.2) is 0 Å². The maximum absolute atomic E-state index is 7.50. The van der Waals surface area contributed by atoms with Crippen LogP contribution >= 0.6 is 0 Å². The Morgan fingerprint density at radius 2 is 1.00 bits per heavy atom. The van der Waals surface area contributed by atoms with Crippen molar-refractivity contribution in [2.24, 2.45) is 0 Å². The van der Waals surface area contributed by atoms with Crippen LogP contribution in [0, 0.1) is 33.3 Å². The molecule has 0 aliphatic heterocycles. The van der Waals surface area contributed by atoms with Crippen molar-refractivity contribution in [3.05, 3.63) is 87.8 Å². The van der Waals surface area contributed by atoms with Crippen LogP contribution < -0.4 is 0 Å². The Hall–Kier alpha value is -1.69. The molecule has 2 rings (SSSR count). The third kappa shape index (κ3) is 22.7. The van der Waals surface area contributed by atoms with Crippen molar-refractivity contribution in [1.82, 2.24) is 0 Å². The summed E-state index contributed by atoms with van der Waals surface area (Å²) in [6.45, 7) is 22.5. The molecule has 23 heavy (non-hydrogen) atoms. The Bertz CT molecular complexity index is 478. The second kappa shape index (κ2) is 42.7. The minimum Gasteiger partial charge on any atom is -0.176 e. The van der Waals surface area contributed by atoms with E-state index < -0.39 is 0 Å². The number of hydrogen-bond acceptors (Lipinski definition) is 0. The zero-order valence-electron chi connectivity index (χ0n) is 11.5. The van der Waals surface area contributed by atoms with Gasteiger partial charge in [-0.05, 0) is 0 Å². The van der Waals surface area contributed by atoms with Gasteiger partial charge in [0.05, 0.1) is 0 Å². The quantitative estimate of drug-likeness (QED) is 0.527. The predicted molar refractivity (Wildman–Crippen MR) is 67.1 cm³/mol. The van der Waals surface area contributed by atoms with Crippen molar-refractivity contribution >= 4 is 0 Å². The van der Waals surface area contributed by atoms with Crippen molar-refractivity contribution in [2.45, 2.75) is 0 Å². The molecule has 1 radical (unpaired) electrons. The van der Waals surface area contributed by atoms with Gasteiger partial charge < -0.3 is 0 Å². The number of hydrogen-bond donors (Lipinski definition) is 0. The van der Waals surface area contributed by atoms with E-state index >= 15 is 0 Å². The molecule has 0 saturated heterocycles. The molecule has 5 nitrogen and oxygen atoms in total. The van der Waals surface area contributed by atoms with Gasteiger partial charge in [-0.2, -0.15) is 23.8 Å². The maximum Gasteiger partial charge on any atom is 0 e. The zero-order valence-corrected chi connectivity index (χ0v) is 13.8. The molecule has 2 aromatic rings. The first kappa shape index (κ1) is 37.5. The summed E-state index contributed by atoms with van der Waals surface area (Å²) in [6, 6.07) is 18.7. The zero-order chi connectivity index (χ0) is 17.5. The maximum atomic E-state index is 7.50. The summed E-state index contributed by atoms with van der Waals surface area (Å²) < 4.78 is 37.5. The van der Waals surface area contributed by atoms with E-state index in [0.29, 0.717) is 0 Å². The molecule has 7 heteroatoms. The van der Waals surface area contributed by atoms with Crippen molar-refractivity contribution in [1.29, 1.82) is 0 Å². The van der Waals surface area contributed by atoms with Gasteiger partial charge in [-0.25, -0.2) is 0 Å². The first-order valence-corrected chi connectivity index (χ1v) is 4.76. The van der Waals surface area contributed by atoms with Crippen LogP contribution in [0.2, 0.25) is 0 Å². The molecule has 119 valence electrons. The van der Waals surface area contributed by atoms with Gasteiger partial charge >= 0.3 is 56.5 Å². The SMILES string of the molecule is [C-]#[O+].[C-]#[O+].[C-]#[O+].[C-]#[O+].[C-]#[O+].[Co].[Cr].c1ccc(-c2ccc[cH-]2)cc1. The molecule has 0 fully saturated rings. The second-order valence-corrected chi connectivity index (χ2v) is 2.54. The molecule has 0 unspecified atom stereocenters. The fourth-order valence-electron chi connectivity index (χ4n) is 1.20. The fraction of sp³-hybridized carbons (Fsp3) is 0. The molecule has 0 aromatic heterocycles.